The minimum absolute atomic E-state index is 0.144. The molecule has 1 rings (SSSR count). The van der Waals surface area contributed by atoms with Crippen molar-refractivity contribution in [3.8, 4) is 0 Å². The first-order chi connectivity index (χ1) is 9.67. The van der Waals surface area contributed by atoms with Crippen molar-refractivity contribution in [1.29, 1.82) is 0 Å². The number of carbonyl (C=O) groups excluding carboxylic acids is 2. The first-order valence-corrected chi connectivity index (χ1v) is 6.21. The van der Waals surface area contributed by atoms with E-state index in [1.54, 1.807) is 0 Å². The SMILES string of the molecule is COCC[C@H](NC(=O)OCc1ccccc1)C(=O)OC. The molecule has 1 aromatic rings. The largest absolute Gasteiger partial charge is 0.467 e. The molecule has 0 saturated heterocycles. The van der Waals surface area contributed by atoms with E-state index in [1.165, 1.54) is 14.2 Å². The summed E-state index contributed by atoms with van der Waals surface area (Å²) in [6, 6.07) is 8.50. The Bertz CT molecular complexity index is 421. The number of esters is 1. The number of hydrogen-bond acceptors (Lipinski definition) is 5. The van der Waals surface area contributed by atoms with Crippen molar-refractivity contribution in [1.82, 2.24) is 5.32 Å². The van der Waals surface area contributed by atoms with Crippen LogP contribution < -0.4 is 5.32 Å². The van der Waals surface area contributed by atoms with Crippen LogP contribution in [0, 0.1) is 0 Å². The van der Waals surface area contributed by atoms with Gasteiger partial charge in [-0.05, 0) is 5.56 Å². The summed E-state index contributed by atoms with van der Waals surface area (Å²) in [5.74, 6) is -0.529. The molecule has 0 saturated carbocycles. The van der Waals surface area contributed by atoms with Crippen LogP contribution in [0.2, 0.25) is 0 Å². The minimum atomic E-state index is -0.775. The average Bonchev–Trinajstić information content (AvgIpc) is 2.49. The maximum Gasteiger partial charge on any atom is 0.408 e. The number of benzene rings is 1. The van der Waals surface area contributed by atoms with Gasteiger partial charge in [-0.2, -0.15) is 0 Å². The van der Waals surface area contributed by atoms with Crippen molar-refractivity contribution in [2.75, 3.05) is 20.8 Å². The van der Waals surface area contributed by atoms with Crippen LogP contribution >= 0.6 is 0 Å². The molecule has 1 atom stereocenters. The highest BCUT2D eigenvalue weighted by Crippen LogP contribution is 2.02. The lowest BCUT2D eigenvalue weighted by Crippen LogP contribution is -2.42. The van der Waals surface area contributed by atoms with Crippen LogP contribution in [0.4, 0.5) is 4.79 Å². The maximum atomic E-state index is 11.6. The van der Waals surface area contributed by atoms with Gasteiger partial charge in [0.2, 0.25) is 0 Å². The van der Waals surface area contributed by atoms with Crippen LogP contribution in [-0.4, -0.2) is 38.9 Å². The maximum absolute atomic E-state index is 11.6. The smallest absolute Gasteiger partial charge is 0.408 e. The summed E-state index contributed by atoms with van der Waals surface area (Å²) in [5, 5.41) is 2.46. The van der Waals surface area contributed by atoms with Crippen LogP contribution in [0.3, 0.4) is 0 Å². The molecule has 0 fully saturated rings. The van der Waals surface area contributed by atoms with E-state index in [2.05, 4.69) is 10.1 Å². The number of ether oxygens (including phenoxy) is 3. The Kier molecular flexibility index (Phi) is 7.13. The number of carbonyl (C=O) groups is 2. The van der Waals surface area contributed by atoms with Gasteiger partial charge in [0.05, 0.1) is 7.11 Å². The molecule has 20 heavy (non-hydrogen) atoms. The Morgan fingerprint density at radius 2 is 1.90 bits per heavy atom. The Hall–Kier alpha value is -2.08. The first-order valence-electron chi connectivity index (χ1n) is 6.21. The number of methoxy groups -OCH3 is 2. The molecule has 0 aliphatic heterocycles. The van der Waals surface area contributed by atoms with Crippen LogP contribution in [0.15, 0.2) is 30.3 Å². The van der Waals surface area contributed by atoms with Crippen molar-refractivity contribution in [3.05, 3.63) is 35.9 Å². The average molecular weight is 281 g/mol. The lowest BCUT2D eigenvalue weighted by molar-refractivity contribution is -0.143. The van der Waals surface area contributed by atoms with Crippen molar-refractivity contribution >= 4 is 12.1 Å². The highest BCUT2D eigenvalue weighted by Gasteiger charge is 2.21. The van der Waals surface area contributed by atoms with E-state index < -0.39 is 18.1 Å². The van der Waals surface area contributed by atoms with Gasteiger partial charge in [0.15, 0.2) is 0 Å². The van der Waals surface area contributed by atoms with E-state index >= 15 is 0 Å². The minimum Gasteiger partial charge on any atom is -0.467 e. The molecule has 1 amide bonds. The van der Waals surface area contributed by atoms with Gasteiger partial charge >= 0.3 is 12.1 Å². The van der Waals surface area contributed by atoms with Crippen LogP contribution in [-0.2, 0) is 25.6 Å². The zero-order valence-corrected chi connectivity index (χ0v) is 11.6. The summed E-state index contributed by atoms with van der Waals surface area (Å²) < 4.78 is 14.5. The van der Waals surface area contributed by atoms with Crippen molar-refractivity contribution in [2.45, 2.75) is 19.1 Å². The summed E-state index contributed by atoms with van der Waals surface area (Å²) in [4.78, 5) is 23.1. The second-order valence-corrected chi connectivity index (χ2v) is 4.06. The van der Waals surface area contributed by atoms with E-state index in [9.17, 15) is 9.59 Å². The lowest BCUT2D eigenvalue weighted by atomic mass is 10.2. The second-order valence-electron chi connectivity index (χ2n) is 4.06. The molecule has 0 unspecified atom stereocenters. The Morgan fingerprint density at radius 1 is 1.20 bits per heavy atom. The van der Waals surface area contributed by atoms with Crippen molar-refractivity contribution in [2.24, 2.45) is 0 Å². The van der Waals surface area contributed by atoms with Gasteiger partial charge in [-0.1, -0.05) is 30.3 Å². The molecule has 0 heterocycles. The Morgan fingerprint density at radius 3 is 2.50 bits per heavy atom. The van der Waals surface area contributed by atoms with E-state index in [-0.39, 0.29) is 6.61 Å². The monoisotopic (exact) mass is 281 g/mol. The summed E-state index contributed by atoms with van der Waals surface area (Å²) in [5.41, 5.74) is 0.870. The Balaban J connectivity index is 2.43. The molecule has 0 aliphatic carbocycles. The van der Waals surface area contributed by atoms with Crippen molar-refractivity contribution < 1.29 is 23.8 Å². The highest BCUT2D eigenvalue weighted by atomic mass is 16.6. The molecule has 0 radical (unpaired) electrons. The van der Waals surface area contributed by atoms with E-state index in [0.29, 0.717) is 13.0 Å². The van der Waals surface area contributed by atoms with E-state index in [1.807, 2.05) is 30.3 Å². The normalized spacial score (nSPS) is 11.5. The fourth-order valence-electron chi connectivity index (χ4n) is 1.53. The van der Waals surface area contributed by atoms with Crippen molar-refractivity contribution in [3.63, 3.8) is 0 Å². The fourth-order valence-corrected chi connectivity index (χ4v) is 1.53. The van der Waals surface area contributed by atoms with E-state index in [4.69, 9.17) is 9.47 Å². The zero-order chi connectivity index (χ0) is 14.8. The van der Waals surface area contributed by atoms with Gasteiger partial charge in [0.1, 0.15) is 12.6 Å². The number of hydrogen-bond donors (Lipinski definition) is 1. The zero-order valence-electron chi connectivity index (χ0n) is 11.6. The number of nitrogens with one attached hydrogen (secondary N) is 1. The quantitative estimate of drug-likeness (QED) is 0.766. The van der Waals surface area contributed by atoms with Gasteiger partial charge in [-0.25, -0.2) is 9.59 Å². The summed E-state index contributed by atoms with van der Waals surface area (Å²) >= 11 is 0. The van der Waals surface area contributed by atoms with Gasteiger partial charge in [0, 0.05) is 20.1 Å². The van der Waals surface area contributed by atoms with Gasteiger partial charge in [-0.3, -0.25) is 0 Å². The summed E-state index contributed by atoms with van der Waals surface area (Å²) in [7, 11) is 2.78. The third-order valence-electron chi connectivity index (χ3n) is 2.60. The third-order valence-corrected chi connectivity index (χ3v) is 2.60. The Labute approximate surface area is 118 Å². The molecule has 110 valence electrons. The molecule has 0 spiro atoms. The molecule has 0 aromatic heterocycles. The molecule has 0 bridgehead atoms. The molecule has 0 aliphatic rings. The lowest BCUT2D eigenvalue weighted by Gasteiger charge is -2.15. The van der Waals surface area contributed by atoms with Gasteiger partial charge in [0.25, 0.3) is 0 Å². The van der Waals surface area contributed by atoms with E-state index in [0.717, 1.165) is 5.56 Å². The summed E-state index contributed by atoms with van der Waals surface area (Å²) in [6.07, 6.45) is -0.343. The molecular formula is C14H19NO5. The molecular weight excluding hydrogens is 262 g/mol. The predicted octanol–water partition coefficient (Wildman–Crippen LogP) is 1.49. The van der Waals surface area contributed by atoms with Gasteiger partial charge < -0.3 is 19.5 Å². The number of rotatable bonds is 7. The number of amides is 1. The molecule has 1 N–H and O–H groups in total. The topological polar surface area (TPSA) is 73.9 Å². The van der Waals surface area contributed by atoms with Gasteiger partial charge in [-0.15, -0.1) is 0 Å². The molecule has 1 aromatic carbocycles. The molecule has 6 nitrogen and oxygen atoms in total. The third kappa shape index (κ3) is 5.71. The number of alkyl carbamates (subject to hydrolysis) is 1. The van der Waals surface area contributed by atoms with Crippen LogP contribution in [0.25, 0.3) is 0 Å². The van der Waals surface area contributed by atoms with Crippen LogP contribution in [0.5, 0.6) is 0 Å². The fraction of sp³-hybridized carbons (Fsp3) is 0.429. The first kappa shape index (κ1) is 16.0. The summed E-state index contributed by atoms with van der Waals surface area (Å²) in [6.45, 7) is 0.476. The molecule has 6 heteroatoms. The predicted molar refractivity (Wildman–Crippen MR) is 72.1 cm³/mol. The highest BCUT2D eigenvalue weighted by molar-refractivity contribution is 5.81. The second kappa shape index (κ2) is 8.92. The van der Waals surface area contributed by atoms with Crippen LogP contribution in [0.1, 0.15) is 12.0 Å². The standard InChI is InChI=1S/C14H19NO5/c1-18-9-8-12(13(16)19-2)15-14(17)20-10-11-6-4-3-5-7-11/h3-7,12H,8-10H2,1-2H3,(H,15,17)/t12-/m0/s1.